The van der Waals surface area contributed by atoms with E-state index in [2.05, 4.69) is 15.9 Å². The van der Waals surface area contributed by atoms with E-state index in [4.69, 9.17) is 0 Å². The van der Waals surface area contributed by atoms with Crippen molar-refractivity contribution in [3.8, 4) is 0 Å². The van der Waals surface area contributed by atoms with E-state index < -0.39 is 0 Å². The molecule has 0 saturated heterocycles. The van der Waals surface area contributed by atoms with Crippen LogP contribution < -0.4 is 0 Å². The minimum Gasteiger partial charge on any atom is -0.300 e. The molecule has 1 aromatic rings. The van der Waals surface area contributed by atoms with Crippen LogP contribution in [0.1, 0.15) is 25.3 Å². The zero-order valence-electron chi connectivity index (χ0n) is 8.16. The molecule has 0 aliphatic carbocycles. The van der Waals surface area contributed by atoms with Gasteiger partial charge < -0.3 is 4.79 Å². The number of allylic oxidation sites excluding steroid dienone is 1. The topological polar surface area (TPSA) is 17.1 Å². The Bertz CT molecular complexity index is 327. The predicted octanol–water partition coefficient (Wildman–Crippen LogP) is 3.79. The van der Waals surface area contributed by atoms with Crippen molar-refractivity contribution < 1.29 is 4.79 Å². The molecule has 0 aliphatic heterocycles. The van der Waals surface area contributed by atoms with E-state index in [0.717, 1.165) is 16.5 Å². The molecule has 0 radical (unpaired) electrons. The maximum atomic E-state index is 10.7. The summed E-state index contributed by atoms with van der Waals surface area (Å²) in [6.45, 7) is 1.62. The number of Topliss-reactive ketones (excluding diaryl/α,β-unsaturated/α-hetero) is 1. The number of benzene rings is 1. The van der Waals surface area contributed by atoms with Crippen molar-refractivity contribution in [1.82, 2.24) is 0 Å². The Hall–Kier alpha value is -0.890. The third-order valence-corrected chi connectivity index (χ3v) is 2.65. The molecule has 0 saturated carbocycles. The fourth-order valence-corrected chi connectivity index (χ4v) is 1.61. The summed E-state index contributed by atoms with van der Waals surface area (Å²) in [7, 11) is 0. The first kappa shape index (κ1) is 11.2. The summed E-state index contributed by atoms with van der Waals surface area (Å²) in [6, 6.07) is 10.0. The van der Waals surface area contributed by atoms with Gasteiger partial charge in [-0.05, 0) is 18.9 Å². The van der Waals surface area contributed by atoms with E-state index in [1.165, 1.54) is 0 Å². The molecule has 0 aromatic heterocycles. The summed E-state index contributed by atoms with van der Waals surface area (Å²) in [5.41, 5.74) is 1.15. The van der Waals surface area contributed by atoms with E-state index in [0.29, 0.717) is 6.42 Å². The lowest BCUT2D eigenvalue weighted by atomic mass is 10.1. The number of rotatable bonds is 4. The first-order valence-electron chi connectivity index (χ1n) is 4.60. The number of halogens is 1. The molecule has 1 rings (SSSR count). The van der Waals surface area contributed by atoms with Gasteiger partial charge >= 0.3 is 0 Å². The molecule has 0 aliphatic rings. The molecular formula is C12H13BrO. The fourth-order valence-electron chi connectivity index (χ4n) is 1.12. The van der Waals surface area contributed by atoms with Gasteiger partial charge in [-0.25, -0.2) is 0 Å². The van der Waals surface area contributed by atoms with Crippen LogP contribution in [0.5, 0.6) is 0 Å². The first-order chi connectivity index (χ1) is 6.70. The lowest BCUT2D eigenvalue weighted by Crippen LogP contribution is -1.86. The second-order valence-electron chi connectivity index (χ2n) is 3.16. The molecule has 0 unspecified atom stereocenters. The predicted molar refractivity (Wildman–Crippen MR) is 63.3 cm³/mol. The van der Waals surface area contributed by atoms with Crippen LogP contribution in [-0.4, -0.2) is 5.78 Å². The van der Waals surface area contributed by atoms with Crippen LogP contribution in [0.25, 0.3) is 4.48 Å². The summed E-state index contributed by atoms with van der Waals surface area (Å²) < 4.78 is 1.05. The van der Waals surface area contributed by atoms with Gasteiger partial charge in [0.05, 0.1) is 0 Å². The average Bonchev–Trinajstić information content (AvgIpc) is 2.18. The van der Waals surface area contributed by atoms with Crippen molar-refractivity contribution >= 4 is 26.2 Å². The summed E-state index contributed by atoms with van der Waals surface area (Å²) in [5, 5.41) is 0. The van der Waals surface area contributed by atoms with Gasteiger partial charge in [0.15, 0.2) is 0 Å². The smallest absolute Gasteiger partial charge is 0.130 e. The minimum absolute atomic E-state index is 0.231. The lowest BCUT2D eigenvalue weighted by molar-refractivity contribution is -0.116. The van der Waals surface area contributed by atoms with Crippen LogP contribution in [0, 0.1) is 0 Å². The third kappa shape index (κ3) is 3.88. The van der Waals surface area contributed by atoms with E-state index in [9.17, 15) is 4.79 Å². The molecule has 14 heavy (non-hydrogen) atoms. The summed E-state index contributed by atoms with van der Waals surface area (Å²) in [6.07, 6.45) is 3.45. The number of carbonyl (C=O) groups is 1. The Morgan fingerprint density at radius 2 is 2.00 bits per heavy atom. The highest BCUT2D eigenvalue weighted by atomic mass is 79.9. The fraction of sp³-hybridized carbons (Fsp3) is 0.250. The van der Waals surface area contributed by atoms with Crippen LogP contribution in [-0.2, 0) is 4.79 Å². The summed E-state index contributed by atoms with van der Waals surface area (Å²) in [4.78, 5) is 10.7. The lowest BCUT2D eigenvalue weighted by Gasteiger charge is -1.98. The van der Waals surface area contributed by atoms with E-state index >= 15 is 0 Å². The SMILES string of the molecule is CC(=O)CC/C=C(\Br)c1ccccc1. The van der Waals surface area contributed by atoms with Gasteiger partial charge in [0.2, 0.25) is 0 Å². The number of hydrogen-bond donors (Lipinski definition) is 0. The summed E-state index contributed by atoms with van der Waals surface area (Å²) in [5.74, 6) is 0.231. The highest BCUT2D eigenvalue weighted by molar-refractivity contribution is 9.15. The van der Waals surface area contributed by atoms with Crippen molar-refractivity contribution in [1.29, 1.82) is 0 Å². The van der Waals surface area contributed by atoms with Crippen LogP contribution >= 0.6 is 15.9 Å². The Morgan fingerprint density at radius 3 is 2.57 bits per heavy atom. The van der Waals surface area contributed by atoms with Gasteiger partial charge in [-0.2, -0.15) is 0 Å². The molecule has 0 N–H and O–H groups in total. The van der Waals surface area contributed by atoms with Gasteiger partial charge in [0, 0.05) is 10.9 Å². The van der Waals surface area contributed by atoms with Crippen molar-refractivity contribution in [2.75, 3.05) is 0 Å². The molecule has 0 heterocycles. The molecule has 0 spiro atoms. The van der Waals surface area contributed by atoms with E-state index in [1.807, 2.05) is 36.4 Å². The maximum Gasteiger partial charge on any atom is 0.130 e. The van der Waals surface area contributed by atoms with Crippen molar-refractivity contribution in [2.45, 2.75) is 19.8 Å². The number of carbonyl (C=O) groups excluding carboxylic acids is 1. The van der Waals surface area contributed by atoms with E-state index in [1.54, 1.807) is 6.92 Å². The Kier molecular flexibility index (Phi) is 4.60. The number of hydrogen-bond acceptors (Lipinski definition) is 1. The molecular weight excluding hydrogens is 240 g/mol. The van der Waals surface area contributed by atoms with Gasteiger partial charge in [-0.15, -0.1) is 0 Å². The zero-order chi connectivity index (χ0) is 10.4. The van der Waals surface area contributed by atoms with Gasteiger partial charge in [0.25, 0.3) is 0 Å². The normalized spacial score (nSPS) is 11.4. The van der Waals surface area contributed by atoms with Gasteiger partial charge in [-0.1, -0.05) is 52.3 Å². The molecule has 0 fully saturated rings. The molecule has 1 aromatic carbocycles. The zero-order valence-corrected chi connectivity index (χ0v) is 9.75. The Labute approximate surface area is 93.0 Å². The average molecular weight is 253 g/mol. The molecule has 0 atom stereocenters. The quantitative estimate of drug-likeness (QED) is 0.797. The van der Waals surface area contributed by atoms with Crippen LogP contribution in [0.3, 0.4) is 0 Å². The van der Waals surface area contributed by atoms with Gasteiger partial charge in [0.1, 0.15) is 5.78 Å². The van der Waals surface area contributed by atoms with Crippen molar-refractivity contribution in [3.05, 3.63) is 42.0 Å². The molecule has 0 bridgehead atoms. The molecule has 74 valence electrons. The molecule has 0 amide bonds. The largest absolute Gasteiger partial charge is 0.300 e. The van der Waals surface area contributed by atoms with E-state index in [-0.39, 0.29) is 5.78 Å². The van der Waals surface area contributed by atoms with Crippen LogP contribution in [0.2, 0.25) is 0 Å². The Morgan fingerprint density at radius 1 is 1.36 bits per heavy atom. The molecule has 2 heteroatoms. The van der Waals surface area contributed by atoms with Crippen molar-refractivity contribution in [3.63, 3.8) is 0 Å². The second-order valence-corrected chi connectivity index (χ2v) is 4.01. The monoisotopic (exact) mass is 252 g/mol. The summed E-state index contributed by atoms with van der Waals surface area (Å²) >= 11 is 3.49. The second kappa shape index (κ2) is 5.76. The van der Waals surface area contributed by atoms with Crippen molar-refractivity contribution in [2.24, 2.45) is 0 Å². The molecule has 1 nitrogen and oxygen atoms in total. The van der Waals surface area contributed by atoms with Gasteiger partial charge in [-0.3, -0.25) is 0 Å². The minimum atomic E-state index is 0.231. The first-order valence-corrected chi connectivity index (χ1v) is 5.40. The highest BCUT2D eigenvalue weighted by Gasteiger charge is 1.96. The standard InChI is InChI=1S/C12H13BrO/c1-10(14)6-5-9-12(13)11-7-3-2-4-8-11/h2-4,7-9H,5-6H2,1H3/b12-9-. The Balaban J connectivity index is 2.57. The third-order valence-electron chi connectivity index (χ3n) is 1.87. The number of ketones is 1. The highest BCUT2D eigenvalue weighted by Crippen LogP contribution is 2.21. The maximum absolute atomic E-state index is 10.7. The van der Waals surface area contributed by atoms with Crippen LogP contribution in [0.4, 0.5) is 0 Å². The van der Waals surface area contributed by atoms with Crippen LogP contribution in [0.15, 0.2) is 36.4 Å².